The highest BCUT2D eigenvalue weighted by atomic mass is 32.2. The number of urea groups is 1. The minimum absolute atomic E-state index is 0.00738. The Hall–Kier alpha value is -10.3. The van der Waals surface area contributed by atoms with Gasteiger partial charge in [0.2, 0.25) is 23.6 Å². The number of pyridine rings is 1. The van der Waals surface area contributed by atoms with Crippen molar-refractivity contribution in [3.8, 4) is 11.1 Å². The molecule has 6 aromatic rings. The summed E-state index contributed by atoms with van der Waals surface area (Å²) in [6, 6.07) is 19.6. The van der Waals surface area contributed by atoms with Crippen LogP contribution in [-0.4, -0.2) is 220 Å². The molecule has 4 bridgehead atoms. The third-order valence-electron chi connectivity index (χ3n) is 21.2. The van der Waals surface area contributed by atoms with Crippen LogP contribution in [0.25, 0.3) is 21.3 Å². The molecule has 34 nitrogen and oxygen atoms in total. The van der Waals surface area contributed by atoms with Gasteiger partial charge in [-0.05, 0) is 146 Å². The summed E-state index contributed by atoms with van der Waals surface area (Å²) in [6.45, 7) is 8.36. The summed E-state index contributed by atoms with van der Waals surface area (Å²) < 4.78 is 86.4. The fourth-order valence-electron chi connectivity index (χ4n) is 17.2. The summed E-state index contributed by atoms with van der Waals surface area (Å²) in [5.41, 5.74) is 9.45. The van der Waals surface area contributed by atoms with Gasteiger partial charge in [-0.1, -0.05) is 75.4 Å². The van der Waals surface area contributed by atoms with Gasteiger partial charge in [-0.3, -0.25) is 57.6 Å². The van der Waals surface area contributed by atoms with Gasteiger partial charge >= 0.3 is 18.1 Å². The van der Waals surface area contributed by atoms with Crippen LogP contribution in [0.1, 0.15) is 129 Å². The van der Waals surface area contributed by atoms with Crippen LogP contribution in [0.3, 0.4) is 0 Å². The number of nitrogens with zero attached hydrogens (tertiary/aromatic N) is 8. The van der Waals surface area contributed by atoms with Crippen molar-refractivity contribution in [1.29, 1.82) is 0 Å². The van der Waals surface area contributed by atoms with E-state index in [1.54, 1.807) is 44.3 Å². The lowest BCUT2D eigenvalue weighted by molar-refractivity contribution is -0.248. The lowest BCUT2D eigenvalue weighted by Crippen LogP contribution is -2.64. The number of aromatic nitrogens is 4. The summed E-state index contributed by atoms with van der Waals surface area (Å²) in [5, 5.41) is 29.6. The van der Waals surface area contributed by atoms with Crippen molar-refractivity contribution in [2.75, 3.05) is 92.7 Å². The highest BCUT2D eigenvalue weighted by Crippen LogP contribution is 2.72. The van der Waals surface area contributed by atoms with Crippen LogP contribution in [0.2, 0.25) is 0 Å². The van der Waals surface area contributed by atoms with Crippen LogP contribution >= 0.6 is 11.3 Å². The second-order valence-corrected chi connectivity index (χ2v) is 35.0. The van der Waals surface area contributed by atoms with Crippen LogP contribution in [0, 0.1) is 29.1 Å². The minimum atomic E-state index is -4.55. The van der Waals surface area contributed by atoms with E-state index in [4.69, 9.17) is 34.6 Å². The van der Waals surface area contributed by atoms with E-state index < -0.39 is 135 Å². The number of anilines is 3. The number of carbonyl (C=O) groups is 10. The van der Waals surface area contributed by atoms with E-state index in [0.29, 0.717) is 70.6 Å². The van der Waals surface area contributed by atoms with E-state index in [-0.39, 0.29) is 92.4 Å². The molecule has 6 aliphatic rings. The molecule has 2 unspecified atom stereocenters. The molecule has 5 heterocycles. The molecule has 2 aliphatic heterocycles. The number of thiazole rings is 1. The molecule has 4 atom stereocenters. The SMILES string of the molecule is Cc1c(-c2ccc(N3CCc4cccc(C(=O)Nc5nc6ccccc6s5)c4C3)nc2C(=O)O)cnn1CC12CC3(C)CC(C)(C1)CC(OCCN(CCS(=O)(=O)O)C(=O)OCc1ccc(NC(=O)[C@H](CCCNC(N)=O)NC(=O)[C@@H](NC(=O)CCN(CCOCCS(=O)(=O)O)C(=O)CN4C(=O)C=CC4=O)C(C)C)cc1)(C3)C2. The lowest BCUT2D eigenvalue weighted by atomic mass is 9.39. The minimum Gasteiger partial charge on any atom is -0.476 e. The molecule has 606 valence electrons. The molecule has 3 aromatic heterocycles. The quantitative estimate of drug-likeness (QED) is 0.0121. The molecule has 10 amide bonds. The second kappa shape index (κ2) is 35.0. The zero-order valence-corrected chi connectivity index (χ0v) is 65.8. The maximum Gasteiger partial charge on any atom is 0.410 e. The average molecular weight is 1620 g/mol. The fourth-order valence-corrected chi connectivity index (χ4v) is 18.8. The Morgan fingerprint density at radius 3 is 2.14 bits per heavy atom. The summed E-state index contributed by atoms with van der Waals surface area (Å²) in [4.78, 5) is 146. The molecule has 0 saturated heterocycles. The molecule has 113 heavy (non-hydrogen) atoms. The monoisotopic (exact) mass is 1620 g/mol. The highest BCUT2D eigenvalue weighted by molar-refractivity contribution is 7.86. The average Bonchev–Trinajstić information content (AvgIpc) is 1.11. The number of amides is 10. The van der Waals surface area contributed by atoms with E-state index in [1.165, 1.54) is 23.5 Å². The van der Waals surface area contributed by atoms with Gasteiger partial charge in [0.05, 0.1) is 53.3 Å². The Kier molecular flexibility index (Phi) is 25.9. The Bertz CT molecular complexity index is 4850. The number of carboxylic acids is 1. The van der Waals surface area contributed by atoms with Crippen molar-refractivity contribution >= 4 is 118 Å². The Labute approximate surface area is 656 Å². The number of nitrogens with one attached hydrogen (secondary N) is 5. The summed E-state index contributed by atoms with van der Waals surface area (Å²) in [7, 11) is -8.91. The predicted octanol–water partition coefficient (Wildman–Crippen LogP) is 6.10. The van der Waals surface area contributed by atoms with Crippen molar-refractivity contribution < 1.29 is 93.2 Å². The smallest absolute Gasteiger partial charge is 0.410 e. The molecule has 37 heteroatoms. The number of imide groups is 1. The third kappa shape index (κ3) is 21.5. The number of benzene rings is 3. The van der Waals surface area contributed by atoms with Gasteiger partial charge in [-0.25, -0.2) is 24.4 Å². The maximum absolute atomic E-state index is 14.0. The second-order valence-electron chi connectivity index (χ2n) is 30.9. The molecule has 10 N–H and O–H groups in total. The van der Waals surface area contributed by atoms with E-state index in [9.17, 15) is 74.4 Å². The van der Waals surface area contributed by atoms with Gasteiger partial charge in [0.15, 0.2) is 10.8 Å². The van der Waals surface area contributed by atoms with Crippen LogP contribution < -0.4 is 37.2 Å². The van der Waals surface area contributed by atoms with Gasteiger partial charge < -0.3 is 61.0 Å². The molecule has 4 saturated carbocycles. The van der Waals surface area contributed by atoms with Crippen LogP contribution in [0.4, 0.5) is 26.2 Å². The number of aromatic carboxylic acids is 1. The topological polar surface area (TPSA) is 470 Å². The van der Waals surface area contributed by atoms with Crippen LogP contribution in [0.15, 0.2) is 97.2 Å². The molecular formula is C76H94N14O20S3. The molecule has 0 spiro atoms. The third-order valence-corrected chi connectivity index (χ3v) is 23.5. The van der Waals surface area contributed by atoms with Crippen LogP contribution in [-0.2, 0) is 89.3 Å². The zero-order chi connectivity index (χ0) is 81.4. The molecule has 4 fully saturated rings. The predicted molar refractivity (Wildman–Crippen MR) is 414 cm³/mol. The molecule has 4 aliphatic carbocycles. The van der Waals surface area contributed by atoms with Crippen molar-refractivity contribution in [2.24, 2.45) is 27.9 Å². The standard InChI is InChI=1S/C76H94N14O20S3/c1-47(2)64(84-60(91)24-27-86(28-31-108-33-35-113(105,106)107)63(94)38-89-61(92)21-22-62(89)93)68(97)81-57(13-9-25-78-70(77)100)67(96)80-51-17-15-49(16-18-51)39-109-72(101)87(30-34-112(102,103)104)29-32-110-76-43-73(4)40-74(5,44-76)42-75(41-73,45-76)46-90-48(3)54(36-79-90)52-19-20-59(83-65(52)69(98)99)88-26-23-50-10-8-11-53(55(50)37-88)66(95)85-71-82-56-12-6-7-14-58(56)111-71/h6-8,10-12,14-22,36,47,57,64H,9,13,23-35,37-46H2,1-5H3,(H,80,96)(H,81,97)(H,84,91)(H,98,99)(H3,77,78,100)(H,82,85,95)(H,102,103,104)(H,105,106,107)/t57-,64-,73?,74?,75?,76?/m0/s1. The zero-order valence-electron chi connectivity index (χ0n) is 63.3. The normalized spacial score (nSPS) is 20.2. The number of carbonyl (C=O) groups excluding carboxylic acids is 9. The number of rotatable bonds is 37. The number of hydrogen-bond acceptors (Lipinski definition) is 22. The van der Waals surface area contributed by atoms with Crippen molar-refractivity contribution in [3.63, 3.8) is 0 Å². The molecule has 3 aromatic carbocycles. The number of para-hydroxylation sites is 1. The summed E-state index contributed by atoms with van der Waals surface area (Å²) >= 11 is 1.39. The first kappa shape index (κ1) is 83.6. The van der Waals surface area contributed by atoms with Gasteiger partial charge in [0.25, 0.3) is 38.0 Å². The van der Waals surface area contributed by atoms with Gasteiger partial charge in [-0.2, -0.15) is 21.9 Å². The van der Waals surface area contributed by atoms with Crippen molar-refractivity contribution in [3.05, 3.63) is 131 Å². The largest absolute Gasteiger partial charge is 0.476 e. The van der Waals surface area contributed by atoms with Crippen molar-refractivity contribution in [1.82, 2.24) is 50.4 Å². The fraction of sp³-hybridized carbons (Fsp3) is 0.487. The number of nitrogens with two attached hydrogens (primary N) is 1. The van der Waals surface area contributed by atoms with Gasteiger partial charge in [0.1, 0.15) is 31.1 Å². The summed E-state index contributed by atoms with van der Waals surface area (Å²) in [6.07, 6.45) is 7.88. The Morgan fingerprint density at radius 1 is 0.752 bits per heavy atom. The number of primary amides is 1. The molecular weight excluding hydrogens is 1530 g/mol. The first-order chi connectivity index (χ1) is 53.4. The number of hydrogen-bond donors (Lipinski definition) is 9. The Morgan fingerprint density at radius 2 is 1.46 bits per heavy atom. The number of ether oxygens (including phenoxy) is 3. The lowest BCUT2D eigenvalue weighted by Gasteiger charge is -2.69. The van der Waals surface area contributed by atoms with Crippen LogP contribution in [0.5, 0.6) is 0 Å². The van der Waals surface area contributed by atoms with E-state index >= 15 is 0 Å². The molecule has 12 rings (SSSR count). The summed E-state index contributed by atoms with van der Waals surface area (Å²) in [5.74, 6) is -7.58. The maximum atomic E-state index is 14.0. The molecule has 0 radical (unpaired) electrons. The van der Waals surface area contributed by atoms with Crippen molar-refractivity contribution in [2.45, 2.75) is 136 Å². The van der Waals surface area contributed by atoms with Gasteiger partial charge in [0, 0.05) is 99.0 Å². The number of fused-ring (bicyclic) bond motifs is 2. The first-order valence-corrected chi connectivity index (χ1v) is 41.2. The number of carboxylic acid groups (broad SMARTS) is 1. The van der Waals surface area contributed by atoms with E-state index in [0.717, 1.165) is 81.1 Å². The van der Waals surface area contributed by atoms with Gasteiger partial charge in [-0.15, -0.1) is 0 Å². The first-order valence-electron chi connectivity index (χ1n) is 37.1. The van der Waals surface area contributed by atoms with E-state index in [1.807, 2.05) is 59.0 Å². The Balaban J connectivity index is 0.696. The van der Waals surface area contributed by atoms with E-state index in [2.05, 4.69) is 45.4 Å². The highest BCUT2D eigenvalue weighted by Gasteiger charge is 2.66.